The molecule has 0 saturated carbocycles. The van der Waals surface area contributed by atoms with Crippen molar-refractivity contribution in [3.63, 3.8) is 0 Å². The molecule has 0 aromatic heterocycles. The highest BCUT2D eigenvalue weighted by molar-refractivity contribution is 5.84. The minimum Gasteiger partial charge on any atom is -0.397 e. The average Bonchev–Trinajstić information content (AvgIpc) is 2.12. The Labute approximate surface area is 80.5 Å². The Kier molecular flexibility index (Phi) is 5.60. The Morgan fingerprint density at radius 2 is 1.69 bits per heavy atom. The lowest BCUT2D eigenvalue weighted by atomic mass is 10.3. The van der Waals surface area contributed by atoms with Crippen LogP contribution in [0.1, 0.15) is 27.7 Å². The fraction of sp³-hybridized carbons (Fsp3) is 0.364. The number of anilines is 1. The molecule has 1 aromatic carbocycles. The lowest BCUT2D eigenvalue weighted by Crippen LogP contribution is -1.86. The van der Waals surface area contributed by atoms with Crippen LogP contribution in [0.3, 0.4) is 0 Å². The van der Waals surface area contributed by atoms with E-state index in [1.807, 2.05) is 52.0 Å². The van der Waals surface area contributed by atoms with Crippen LogP contribution in [-0.4, -0.2) is 5.71 Å². The SMILES string of the molecule is CC.CC(C)=Nc1ccccc1N. The lowest BCUT2D eigenvalue weighted by Gasteiger charge is -1.98. The van der Waals surface area contributed by atoms with Crippen LogP contribution >= 0.6 is 0 Å². The summed E-state index contributed by atoms with van der Waals surface area (Å²) in [4.78, 5) is 4.25. The minimum atomic E-state index is 0.730. The van der Waals surface area contributed by atoms with E-state index in [2.05, 4.69) is 4.99 Å². The zero-order chi connectivity index (χ0) is 10.3. The summed E-state index contributed by atoms with van der Waals surface area (Å²) in [6.07, 6.45) is 0. The van der Waals surface area contributed by atoms with Gasteiger partial charge in [-0.1, -0.05) is 26.0 Å². The number of nitrogens with zero attached hydrogens (tertiary/aromatic N) is 1. The average molecular weight is 178 g/mol. The third kappa shape index (κ3) is 4.31. The molecule has 2 N–H and O–H groups in total. The molecular weight excluding hydrogens is 160 g/mol. The van der Waals surface area contributed by atoms with Gasteiger partial charge in [0.2, 0.25) is 0 Å². The maximum atomic E-state index is 5.66. The van der Waals surface area contributed by atoms with Crippen molar-refractivity contribution in [1.29, 1.82) is 0 Å². The number of para-hydroxylation sites is 2. The van der Waals surface area contributed by atoms with Gasteiger partial charge in [0.15, 0.2) is 0 Å². The molecule has 0 heterocycles. The first-order valence-corrected chi connectivity index (χ1v) is 4.56. The molecular formula is C11H18N2. The van der Waals surface area contributed by atoms with Crippen LogP contribution < -0.4 is 5.73 Å². The van der Waals surface area contributed by atoms with Crippen LogP contribution in [0.25, 0.3) is 0 Å². The molecule has 1 aromatic rings. The summed E-state index contributed by atoms with van der Waals surface area (Å²) in [5.74, 6) is 0. The van der Waals surface area contributed by atoms with Crippen molar-refractivity contribution in [2.75, 3.05) is 5.73 Å². The number of hydrogen-bond donors (Lipinski definition) is 1. The zero-order valence-electron chi connectivity index (χ0n) is 8.83. The highest BCUT2D eigenvalue weighted by Crippen LogP contribution is 2.20. The zero-order valence-corrected chi connectivity index (χ0v) is 8.83. The fourth-order valence-electron chi connectivity index (χ4n) is 0.830. The third-order valence-corrected chi connectivity index (χ3v) is 1.28. The first-order chi connectivity index (χ1) is 6.20. The normalized spacial score (nSPS) is 8.31. The molecule has 0 saturated heterocycles. The number of hydrogen-bond acceptors (Lipinski definition) is 2. The first-order valence-electron chi connectivity index (χ1n) is 4.56. The predicted octanol–water partition coefficient (Wildman–Crippen LogP) is 3.41. The standard InChI is InChI=1S/C9H12N2.C2H6/c1-7(2)11-9-6-4-3-5-8(9)10;1-2/h3-6H,10H2,1-2H3;1-2H3. The van der Waals surface area contributed by atoms with Gasteiger partial charge >= 0.3 is 0 Å². The number of aliphatic imine (C=N–C) groups is 1. The van der Waals surface area contributed by atoms with Crippen molar-refractivity contribution in [2.45, 2.75) is 27.7 Å². The van der Waals surface area contributed by atoms with Crippen molar-refractivity contribution < 1.29 is 0 Å². The molecule has 0 radical (unpaired) electrons. The van der Waals surface area contributed by atoms with Gasteiger partial charge in [-0.3, -0.25) is 4.99 Å². The largest absolute Gasteiger partial charge is 0.397 e. The van der Waals surface area contributed by atoms with Gasteiger partial charge < -0.3 is 5.73 Å². The van der Waals surface area contributed by atoms with Crippen LogP contribution in [-0.2, 0) is 0 Å². The van der Waals surface area contributed by atoms with Crippen LogP contribution in [0.2, 0.25) is 0 Å². The lowest BCUT2D eigenvalue weighted by molar-refractivity contribution is 1.47. The molecule has 0 spiro atoms. The van der Waals surface area contributed by atoms with E-state index in [1.165, 1.54) is 0 Å². The van der Waals surface area contributed by atoms with E-state index in [1.54, 1.807) is 0 Å². The molecule has 0 unspecified atom stereocenters. The van der Waals surface area contributed by atoms with E-state index >= 15 is 0 Å². The van der Waals surface area contributed by atoms with Crippen LogP contribution in [0.15, 0.2) is 29.3 Å². The van der Waals surface area contributed by atoms with Crippen molar-refractivity contribution >= 4 is 17.1 Å². The minimum absolute atomic E-state index is 0.730. The molecule has 2 nitrogen and oxygen atoms in total. The molecule has 0 aliphatic rings. The van der Waals surface area contributed by atoms with Crippen molar-refractivity contribution in [3.8, 4) is 0 Å². The number of rotatable bonds is 1. The van der Waals surface area contributed by atoms with Crippen molar-refractivity contribution in [3.05, 3.63) is 24.3 Å². The van der Waals surface area contributed by atoms with E-state index in [-0.39, 0.29) is 0 Å². The van der Waals surface area contributed by atoms with E-state index in [4.69, 9.17) is 5.73 Å². The first kappa shape index (κ1) is 11.7. The van der Waals surface area contributed by atoms with Crippen LogP contribution in [0.5, 0.6) is 0 Å². The summed E-state index contributed by atoms with van der Waals surface area (Å²) in [6.45, 7) is 7.90. The van der Waals surface area contributed by atoms with Gasteiger partial charge in [-0.25, -0.2) is 0 Å². The molecule has 13 heavy (non-hydrogen) atoms. The van der Waals surface area contributed by atoms with E-state index in [9.17, 15) is 0 Å². The van der Waals surface area contributed by atoms with E-state index in [0.29, 0.717) is 0 Å². The van der Waals surface area contributed by atoms with Gasteiger partial charge in [0.1, 0.15) is 0 Å². The van der Waals surface area contributed by atoms with Gasteiger partial charge in [0.25, 0.3) is 0 Å². The molecule has 0 aliphatic heterocycles. The summed E-state index contributed by atoms with van der Waals surface area (Å²) >= 11 is 0. The third-order valence-electron chi connectivity index (χ3n) is 1.28. The predicted molar refractivity (Wildman–Crippen MR) is 60.6 cm³/mol. The Morgan fingerprint density at radius 1 is 1.15 bits per heavy atom. The van der Waals surface area contributed by atoms with Gasteiger partial charge in [-0.2, -0.15) is 0 Å². The summed E-state index contributed by atoms with van der Waals surface area (Å²) < 4.78 is 0. The Balaban J connectivity index is 0.000000671. The van der Waals surface area contributed by atoms with Gasteiger partial charge in [-0.05, 0) is 26.0 Å². The molecule has 0 fully saturated rings. The van der Waals surface area contributed by atoms with Gasteiger partial charge in [-0.15, -0.1) is 0 Å². The van der Waals surface area contributed by atoms with Crippen LogP contribution in [0.4, 0.5) is 11.4 Å². The number of nitrogen functional groups attached to an aromatic ring is 1. The number of benzene rings is 1. The maximum Gasteiger partial charge on any atom is 0.0857 e. The van der Waals surface area contributed by atoms with Gasteiger partial charge in [0, 0.05) is 5.71 Å². The molecule has 0 amide bonds. The second kappa shape index (κ2) is 6.23. The molecule has 1 rings (SSSR count). The molecule has 0 bridgehead atoms. The highest BCUT2D eigenvalue weighted by atomic mass is 14.8. The Bertz CT molecular complexity index is 273. The molecule has 0 atom stereocenters. The second-order valence-electron chi connectivity index (χ2n) is 2.62. The fourth-order valence-corrected chi connectivity index (χ4v) is 0.830. The van der Waals surface area contributed by atoms with Crippen LogP contribution in [0, 0.1) is 0 Å². The smallest absolute Gasteiger partial charge is 0.0857 e. The van der Waals surface area contributed by atoms with Gasteiger partial charge in [0.05, 0.1) is 11.4 Å². The maximum absolute atomic E-state index is 5.66. The quantitative estimate of drug-likeness (QED) is 0.519. The Hall–Kier alpha value is -1.31. The summed E-state index contributed by atoms with van der Waals surface area (Å²) in [5, 5.41) is 0. The van der Waals surface area contributed by atoms with E-state index in [0.717, 1.165) is 17.1 Å². The Morgan fingerprint density at radius 3 is 2.15 bits per heavy atom. The van der Waals surface area contributed by atoms with Crippen molar-refractivity contribution in [1.82, 2.24) is 0 Å². The summed E-state index contributed by atoms with van der Waals surface area (Å²) in [6, 6.07) is 7.58. The number of nitrogens with two attached hydrogens (primary N) is 1. The van der Waals surface area contributed by atoms with E-state index < -0.39 is 0 Å². The molecule has 72 valence electrons. The summed E-state index contributed by atoms with van der Waals surface area (Å²) in [7, 11) is 0. The second-order valence-corrected chi connectivity index (χ2v) is 2.62. The monoisotopic (exact) mass is 178 g/mol. The molecule has 0 aliphatic carbocycles. The topological polar surface area (TPSA) is 38.4 Å². The highest BCUT2D eigenvalue weighted by Gasteiger charge is 1.92. The van der Waals surface area contributed by atoms with Crippen molar-refractivity contribution in [2.24, 2.45) is 4.99 Å². The molecule has 2 heteroatoms. The summed E-state index contributed by atoms with van der Waals surface area (Å²) in [5.41, 5.74) is 8.26.